The second-order valence-electron chi connectivity index (χ2n) is 4.31. The summed E-state index contributed by atoms with van der Waals surface area (Å²) in [5.41, 5.74) is 7.63. The third-order valence-electron chi connectivity index (χ3n) is 2.71. The van der Waals surface area contributed by atoms with Crippen molar-refractivity contribution in [1.29, 1.82) is 0 Å². The minimum atomic E-state index is -3.53. The second-order valence-corrected chi connectivity index (χ2v) is 6.04. The average Bonchev–Trinajstić information content (AvgIpc) is 2.29. The first-order valence-electron chi connectivity index (χ1n) is 5.85. The van der Waals surface area contributed by atoms with E-state index in [1.54, 1.807) is 26.0 Å². The van der Waals surface area contributed by atoms with Gasteiger partial charge in [-0.25, -0.2) is 13.1 Å². The first-order chi connectivity index (χ1) is 8.38. The molecule has 1 rings (SSSR count). The molecule has 102 valence electrons. The number of anilines is 1. The van der Waals surface area contributed by atoms with Crippen LogP contribution in [0.2, 0.25) is 0 Å². The van der Waals surface area contributed by atoms with Crippen LogP contribution in [0.15, 0.2) is 17.0 Å². The highest BCUT2D eigenvalue weighted by Crippen LogP contribution is 2.22. The van der Waals surface area contributed by atoms with Crippen LogP contribution in [0.3, 0.4) is 0 Å². The summed E-state index contributed by atoms with van der Waals surface area (Å²) in [7, 11) is -3.53. The Morgan fingerprint density at radius 1 is 1.28 bits per heavy atom. The predicted octanol–water partition coefficient (Wildman–Crippen LogP) is 0.936. The van der Waals surface area contributed by atoms with Crippen LogP contribution in [0.5, 0.6) is 0 Å². The van der Waals surface area contributed by atoms with E-state index in [0.29, 0.717) is 30.6 Å². The number of hydrogen-bond donors (Lipinski definition) is 3. The Bertz CT molecular complexity index is 512. The normalized spacial score (nSPS) is 11.7. The molecule has 0 aliphatic rings. The third kappa shape index (κ3) is 3.69. The molecule has 1 aromatic rings. The fourth-order valence-corrected chi connectivity index (χ4v) is 3.08. The van der Waals surface area contributed by atoms with Gasteiger partial charge in [-0.15, -0.1) is 0 Å². The topological polar surface area (TPSA) is 92.4 Å². The van der Waals surface area contributed by atoms with Crippen molar-refractivity contribution in [2.75, 3.05) is 18.9 Å². The summed E-state index contributed by atoms with van der Waals surface area (Å²) in [6.07, 6.45) is 1.19. The van der Waals surface area contributed by atoms with Crippen LogP contribution in [0.1, 0.15) is 24.0 Å². The number of sulfonamides is 1. The van der Waals surface area contributed by atoms with Gasteiger partial charge in [-0.2, -0.15) is 0 Å². The molecule has 6 heteroatoms. The molecule has 0 aromatic heterocycles. The summed E-state index contributed by atoms with van der Waals surface area (Å²) < 4.78 is 26.7. The summed E-state index contributed by atoms with van der Waals surface area (Å²) >= 11 is 0. The van der Waals surface area contributed by atoms with Crippen LogP contribution in [0, 0.1) is 13.8 Å². The first-order valence-corrected chi connectivity index (χ1v) is 7.34. The van der Waals surface area contributed by atoms with Crippen molar-refractivity contribution < 1.29 is 13.5 Å². The molecule has 0 heterocycles. The van der Waals surface area contributed by atoms with Gasteiger partial charge in [-0.1, -0.05) is 0 Å². The zero-order valence-electron chi connectivity index (χ0n) is 10.7. The summed E-state index contributed by atoms with van der Waals surface area (Å²) in [5, 5.41) is 8.64. The molecule has 0 bridgehead atoms. The van der Waals surface area contributed by atoms with E-state index in [2.05, 4.69) is 4.72 Å². The van der Waals surface area contributed by atoms with Crippen molar-refractivity contribution in [3.63, 3.8) is 0 Å². The lowest BCUT2D eigenvalue weighted by atomic mass is 10.1. The van der Waals surface area contributed by atoms with E-state index in [0.717, 1.165) is 5.56 Å². The fraction of sp³-hybridized carbons (Fsp3) is 0.500. The molecule has 0 amide bonds. The largest absolute Gasteiger partial charge is 0.398 e. The standard InChI is InChI=1S/C12H20N2O3S/c1-9-7-11(13)10(2)12(8-9)18(16,17)14-5-3-4-6-15/h7-8,14-15H,3-6,13H2,1-2H3. The smallest absolute Gasteiger partial charge is 0.240 e. The Balaban J connectivity index is 2.91. The highest BCUT2D eigenvalue weighted by atomic mass is 32.2. The number of aliphatic hydroxyl groups is 1. The van der Waals surface area contributed by atoms with Gasteiger partial charge >= 0.3 is 0 Å². The Labute approximate surface area is 108 Å². The van der Waals surface area contributed by atoms with E-state index < -0.39 is 10.0 Å². The molecule has 0 aliphatic heterocycles. The number of unbranched alkanes of at least 4 members (excludes halogenated alkanes) is 1. The van der Waals surface area contributed by atoms with E-state index in [1.807, 2.05) is 0 Å². The Morgan fingerprint density at radius 2 is 1.94 bits per heavy atom. The van der Waals surface area contributed by atoms with Gasteiger partial charge in [0, 0.05) is 18.8 Å². The highest BCUT2D eigenvalue weighted by molar-refractivity contribution is 7.89. The average molecular weight is 272 g/mol. The van der Waals surface area contributed by atoms with Crippen molar-refractivity contribution in [1.82, 2.24) is 4.72 Å². The monoisotopic (exact) mass is 272 g/mol. The molecule has 18 heavy (non-hydrogen) atoms. The maximum Gasteiger partial charge on any atom is 0.240 e. The molecule has 0 atom stereocenters. The van der Waals surface area contributed by atoms with Crippen LogP contribution >= 0.6 is 0 Å². The van der Waals surface area contributed by atoms with Gasteiger partial charge in [0.05, 0.1) is 4.90 Å². The number of aryl methyl sites for hydroxylation is 1. The number of benzene rings is 1. The van der Waals surface area contributed by atoms with Gasteiger partial charge in [0.1, 0.15) is 0 Å². The van der Waals surface area contributed by atoms with Crippen LogP contribution in [0.4, 0.5) is 5.69 Å². The van der Waals surface area contributed by atoms with E-state index in [9.17, 15) is 8.42 Å². The predicted molar refractivity (Wildman–Crippen MR) is 71.8 cm³/mol. The quantitative estimate of drug-likeness (QED) is 0.531. The molecule has 0 spiro atoms. The molecule has 0 saturated heterocycles. The van der Waals surface area contributed by atoms with E-state index in [1.165, 1.54) is 0 Å². The zero-order chi connectivity index (χ0) is 13.8. The van der Waals surface area contributed by atoms with Gasteiger partial charge < -0.3 is 10.8 Å². The summed E-state index contributed by atoms with van der Waals surface area (Å²) in [6.45, 7) is 3.88. The Hall–Kier alpha value is -1.11. The van der Waals surface area contributed by atoms with Crippen molar-refractivity contribution in [3.05, 3.63) is 23.3 Å². The minimum Gasteiger partial charge on any atom is -0.398 e. The van der Waals surface area contributed by atoms with E-state index in [4.69, 9.17) is 10.8 Å². The van der Waals surface area contributed by atoms with Gasteiger partial charge in [0.15, 0.2) is 0 Å². The number of rotatable bonds is 6. The molecule has 0 saturated carbocycles. The minimum absolute atomic E-state index is 0.0676. The molecule has 0 aliphatic carbocycles. The number of nitrogens with one attached hydrogen (secondary N) is 1. The lowest BCUT2D eigenvalue weighted by Gasteiger charge is -2.12. The van der Waals surface area contributed by atoms with Gasteiger partial charge in [-0.05, 0) is 49.9 Å². The number of nitrogens with two attached hydrogens (primary N) is 1. The first kappa shape index (κ1) is 14.9. The summed E-state index contributed by atoms with van der Waals surface area (Å²) in [5.74, 6) is 0. The van der Waals surface area contributed by atoms with Crippen molar-refractivity contribution in [2.24, 2.45) is 0 Å². The van der Waals surface area contributed by atoms with Crippen LogP contribution < -0.4 is 10.5 Å². The lowest BCUT2D eigenvalue weighted by Crippen LogP contribution is -2.26. The SMILES string of the molecule is Cc1cc(N)c(C)c(S(=O)(=O)NCCCCO)c1. The maximum absolute atomic E-state index is 12.1. The third-order valence-corrected chi connectivity index (χ3v) is 4.30. The molecule has 0 fully saturated rings. The fourth-order valence-electron chi connectivity index (χ4n) is 1.65. The maximum atomic E-state index is 12.1. The second kappa shape index (κ2) is 6.17. The molecule has 4 N–H and O–H groups in total. The van der Waals surface area contributed by atoms with Gasteiger partial charge in [-0.3, -0.25) is 0 Å². The van der Waals surface area contributed by atoms with Gasteiger partial charge in [0.2, 0.25) is 10.0 Å². The molecular formula is C12H20N2O3S. The summed E-state index contributed by atoms with van der Waals surface area (Å²) in [6, 6.07) is 3.36. The zero-order valence-corrected chi connectivity index (χ0v) is 11.5. The number of aliphatic hydroxyl groups excluding tert-OH is 1. The molecule has 0 unspecified atom stereocenters. The van der Waals surface area contributed by atoms with Crippen molar-refractivity contribution in [2.45, 2.75) is 31.6 Å². The Morgan fingerprint density at radius 3 is 2.56 bits per heavy atom. The van der Waals surface area contributed by atoms with E-state index >= 15 is 0 Å². The van der Waals surface area contributed by atoms with Crippen LogP contribution in [0.25, 0.3) is 0 Å². The molecule has 0 radical (unpaired) electrons. The number of nitrogen functional groups attached to an aromatic ring is 1. The van der Waals surface area contributed by atoms with Crippen LogP contribution in [-0.2, 0) is 10.0 Å². The molecule has 5 nitrogen and oxygen atoms in total. The van der Waals surface area contributed by atoms with Crippen molar-refractivity contribution >= 4 is 15.7 Å². The lowest BCUT2D eigenvalue weighted by molar-refractivity contribution is 0.285. The van der Waals surface area contributed by atoms with Crippen molar-refractivity contribution in [3.8, 4) is 0 Å². The molecule has 1 aromatic carbocycles. The summed E-state index contributed by atoms with van der Waals surface area (Å²) in [4.78, 5) is 0.226. The van der Waals surface area contributed by atoms with E-state index in [-0.39, 0.29) is 11.5 Å². The van der Waals surface area contributed by atoms with Gasteiger partial charge in [0.25, 0.3) is 0 Å². The Kier molecular flexibility index (Phi) is 5.13. The number of hydrogen-bond acceptors (Lipinski definition) is 4. The highest BCUT2D eigenvalue weighted by Gasteiger charge is 2.17. The molecular weight excluding hydrogens is 252 g/mol. The van der Waals surface area contributed by atoms with Crippen LogP contribution in [-0.4, -0.2) is 26.7 Å².